The summed E-state index contributed by atoms with van der Waals surface area (Å²) in [4.78, 5) is 32.2. The van der Waals surface area contributed by atoms with E-state index in [1.807, 2.05) is 13.8 Å². The van der Waals surface area contributed by atoms with Crippen LogP contribution in [0.4, 0.5) is 17.6 Å². The van der Waals surface area contributed by atoms with Gasteiger partial charge in [0.2, 0.25) is 11.8 Å². The maximum atomic E-state index is 14.9. The number of rotatable bonds is 7. The number of carbonyl (C=O) groups excluding carboxylic acids is 2. The Hall–Kier alpha value is -2.89. The second kappa shape index (κ2) is 9.69. The minimum Gasteiger partial charge on any atom is -0.487 e. The Kier molecular flexibility index (Phi) is 7.17. The number of benzene rings is 1. The molecule has 2 heterocycles. The third kappa shape index (κ3) is 5.60. The van der Waals surface area contributed by atoms with E-state index in [4.69, 9.17) is 15.2 Å². The first-order chi connectivity index (χ1) is 17.5. The number of hydrogen-bond donors (Lipinski definition) is 2. The van der Waals surface area contributed by atoms with Gasteiger partial charge in [0.05, 0.1) is 29.1 Å². The van der Waals surface area contributed by atoms with Crippen LogP contribution >= 0.6 is 0 Å². The van der Waals surface area contributed by atoms with Crippen LogP contribution < -0.4 is 15.8 Å². The average molecular weight is 543 g/mol. The fourth-order valence-corrected chi connectivity index (χ4v) is 5.60. The van der Waals surface area contributed by atoms with Gasteiger partial charge in [0.15, 0.2) is 5.96 Å². The van der Waals surface area contributed by atoms with E-state index in [1.165, 1.54) is 12.0 Å². The largest absolute Gasteiger partial charge is 0.487 e. The first kappa shape index (κ1) is 28.1. The first-order valence-corrected chi connectivity index (χ1v) is 12.6. The topological polar surface area (TPSA) is 106 Å². The molecule has 1 fully saturated rings. The maximum Gasteiger partial charge on any atom is 0.419 e. The van der Waals surface area contributed by atoms with E-state index in [2.05, 4.69) is 10.3 Å². The van der Waals surface area contributed by atoms with Crippen molar-refractivity contribution in [3.05, 3.63) is 29.1 Å². The van der Waals surface area contributed by atoms with Gasteiger partial charge in [-0.25, -0.2) is 9.38 Å². The number of carbonyl (C=O) groups is 2. The molecule has 1 aromatic rings. The quantitative estimate of drug-likeness (QED) is 0.508. The Morgan fingerprint density at radius 2 is 2.00 bits per heavy atom. The molecule has 3 aliphatic rings. The molecule has 2 amide bonds. The van der Waals surface area contributed by atoms with Gasteiger partial charge in [-0.3, -0.25) is 14.5 Å². The molecule has 12 heteroatoms. The number of nitrogens with one attached hydrogen (secondary N) is 1. The molecular weight excluding hydrogens is 508 g/mol. The highest BCUT2D eigenvalue weighted by atomic mass is 19.4. The fraction of sp³-hybridized carbons (Fsp3) is 0.654. The van der Waals surface area contributed by atoms with Crippen molar-refractivity contribution in [2.75, 3.05) is 13.7 Å². The van der Waals surface area contributed by atoms with Crippen LogP contribution in [0.2, 0.25) is 0 Å². The van der Waals surface area contributed by atoms with Crippen LogP contribution in [0.5, 0.6) is 5.75 Å². The zero-order valence-electron chi connectivity index (χ0n) is 22.1. The zero-order chi connectivity index (χ0) is 28.2. The molecule has 4 rings (SSSR count). The number of fused-ring (bicyclic) bond motifs is 1. The lowest BCUT2D eigenvalue weighted by molar-refractivity contribution is -0.140. The van der Waals surface area contributed by atoms with Crippen molar-refractivity contribution >= 4 is 17.8 Å². The van der Waals surface area contributed by atoms with Gasteiger partial charge in [0, 0.05) is 32.1 Å². The van der Waals surface area contributed by atoms with Crippen LogP contribution in [0.15, 0.2) is 17.1 Å². The zero-order valence-corrected chi connectivity index (χ0v) is 22.1. The predicted octanol–water partition coefficient (Wildman–Crippen LogP) is 3.93. The molecule has 1 aliphatic carbocycles. The second-order valence-electron chi connectivity index (χ2n) is 11.5. The third-order valence-corrected chi connectivity index (χ3v) is 7.32. The molecule has 0 spiro atoms. The smallest absolute Gasteiger partial charge is 0.419 e. The number of alkyl halides is 3. The van der Waals surface area contributed by atoms with Crippen LogP contribution in [0, 0.1) is 17.7 Å². The maximum absolute atomic E-state index is 14.9. The summed E-state index contributed by atoms with van der Waals surface area (Å²) in [6.45, 7) is 7.12. The van der Waals surface area contributed by atoms with E-state index in [9.17, 15) is 27.2 Å². The van der Waals surface area contributed by atoms with Crippen molar-refractivity contribution in [2.24, 2.45) is 22.6 Å². The van der Waals surface area contributed by atoms with Gasteiger partial charge in [-0.2, -0.15) is 13.2 Å². The van der Waals surface area contributed by atoms with Gasteiger partial charge < -0.3 is 20.5 Å². The van der Waals surface area contributed by atoms with Gasteiger partial charge >= 0.3 is 6.18 Å². The Morgan fingerprint density at radius 3 is 2.61 bits per heavy atom. The number of nitrogens with zero attached hydrogens (tertiary/aromatic N) is 2. The summed E-state index contributed by atoms with van der Waals surface area (Å²) in [5, 5.41) is 2.77. The van der Waals surface area contributed by atoms with Crippen molar-refractivity contribution in [1.82, 2.24) is 10.2 Å². The first-order valence-electron chi connectivity index (χ1n) is 12.6. The monoisotopic (exact) mass is 542 g/mol. The average Bonchev–Trinajstić information content (AvgIpc) is 3.53. The van der Waals surface area contributed by atoms with Crippen LogP contribution in [-0.4, -0.2) is 53.6 Å². The lowest BCUT2D eigenvalue weighted by Gasteiger charge is -2.39. The summed E-state index contributed by atoms with van der Waals surface area (Å²) in [6, 6.07) is -0.0695. The van der Waals surface area contributed by atoms with Crippen LogP contribution in [0.1, 0.15) is 70.5 Å². The third-order valence-electron chi connectivity index (χ3n) is 7.32. The standard InChI is InChI=1S/C26H34F4N4O4/c1-24(2)12-19(35)34(23(31)33-24)18(8-9-37-5)13-10-14(13)22(36)32-17-11-25(3,4)38-21-15(26(28,29)30)6-7-16(27)20(17)21/h6-7,13-14,17-18H,8-12H2,1-5H3,(H2,31,33)(H,32,36)/t13?,14-,17+,18-/m1/s1. The Morgan fingerprint density at radius 1 is 1.32 bits per heavy atom. The molecule has 1 saturated carbocycles. The molecule has 0 saturated heterocycles. The molecule has 3 N–H and O–H groups in total. The molecule has 210 valence electrons. The molecular formula is C26H34F4N4O4. The number of nitrogens with two attached hydrogens (primary N) is 1. The molecule has 8 nitrogen and oxygen atoms in total. The van der Waals surface area contributed by atoms with Crippen LogP contribution in [-0.2, 0) is 20.5 Å². The normalized spacial score (nSPS) is 26.7. The Bertz CT molecular complexity index is 1150. The van der Waals surface area contributed by atoms with E-state index >= 15 is 0 Å². The number of ether oxygens (including phenoxy) is 2. The van der Waals surface area contributed by atoms with Crippen LogP contribution in [0.3, 0.4) is 0 Å². The Balaban J connectivity index is 1.57. The lowest BCUT2D eigenvalue weighted by atomic mass is 9.87. The highest BCUT2D eigenvalue weighted by molar-refractivity contribution is 5.99. The van der Waals surface area contributed by atoms with Crippen LogP contribution in [0.25, 0.3) is 0 Å². The highest BCUT2D eigenvalue weighted by Crippen LogP contribution is 2.49. The fourth-order valence-electron chi connectivity index (χ4n) is 5.60. The van der Waals surface area contributed by atoms with Crippen molar-refractivity contribution in [3.8, 4) is 5.75 Å². The molecule has 1 aromatic carbocycles. The van der Waals surface area contributed by atoms with Gasteiger partial charge in [0.25, 0.3) is 0 Å². The molecule has 0 aromatic heterocycles. The summed E-state index contributed by atoms with van der Waals surface area (Å²) in [5.74, 6) is -2.82. The summed E-state index contributed by atoms with van der Waals surface area (Å²) in [7, 11) is 1.53. The second-order valence-corrected chi connectivity index (χ2v) is 11.5. The summed E-state index contributed by atoms with van der Waals surface area (Å²) < 4.78 is 66.6. The van der Waals surface area contributed by atoms with Gasteiger partial charge in [0.1, 0.15) is 17.2 Å². The number of amides is 2. The van der Waals surface area contributed by atoms with E-state index in [0.717, 1.165) is 6.07 Å². The number of hydrogen-bond acceptors (Lipinski definition) is 6. The van der Waals surface area contributed by atoms with Crippen molar-refractivity contribution in [3.63, 3.8) is 0 Å². The molecule has 0 radical (unpaired) electrons. The van der Waals surface area contributed by atoms with Crippen molar-refractivity contribution < 1.29 is 36.6 Å². The van der Waals surface area contributed by atoms with Gasteiger partial charge in [-0.1, -0.05) is 0 Å². The van der Waals surface area contributed by atoms with Crippen molar-refractivity contribution in [2.45, 2.75) is 82.8 Å². The summed E-state index contributed by atoms with van der Waals surface area (Å²) >= 11 is 0. The summed E-state index contributed by atoms with van der Waals surface area (Å²) in [5.41, 5.74) is 3.05. The SMILES string of the molecule is COCC[C@H](C1C[C@H]1C(=O)N[C@H]1CC(C)(C)Oc2c(C(F)(F)F)ccc(F)c21)N1C(=O)CC(C)(C)N=C1N. The molecule has 1 unspecified atom stereocenters. The number of methoxy groups -OCH3 is 1. The molecule has 38 heavy (non-hydrogen) atoms. The highest BCUT2D eigenvalue weighted by Gasteiger charge is 2.53. The molecule has 4 atom stereocenters. The van der Waals surface area contributed by atoms with Gasteiger partial charge in [-0.15, -0.1) is 0 Å². The number of halogens is 4. The number of guanidine groups is 1. The van der Waals surface area contributed by atoms with E-state index in [-0.39, 0.29) is 36.2 Å². The molecule has 0 bridgehead atoms. The van der Waals surface area contributed by atoms with Crippen molar-refractivity contribution in [1.29, 1.82) is 0 Å². The van der Waals surface area contributed by atoms with E-state index < -0.39 is 58.4 Å². The molecule has 2 aliphatic heterocycles. The van der Waals surface area contributed by atoms with E-state index in [1.54, 1.807) is 13.8 Å². The summed E-state index contributed by atoms with van der Waals surface area (Å²) in [6.07, 6.45) is -3.66. The Labute approximate surface area is 218 Å². The van der Waals surface area contributed by atoms with Gasteiger partial charge in [-0.05, 0) is 58.6 Å². The lowest BCUT2D eigenvalue weighted by Crippen LogP contribution is -2.55. The number of aliphatic imine (C=N–C) groups is 1. The van der Waals surface area contributed by atoms with E-state index in [0.29, 0.717) is 25.5 Å². The predicted molar refractivity (Wildman–Crippen MR) is 131 cm³/mol. The minimum absolute atomic E-state index is 0.0771. The minimum atomic E-state index is -4.76.